The SMILES string of the molecule is CCN(CC)C(N)=NCc1ccn(-c2ccccc2)n1. The van der Waals surface area contributed by atoms with Crippen molar-refractivity contribution in [1.29, 1.82) is 0 Å². The molecule has 0 aliphatic carbocycles. The number of benzene rings is 1. The van der Waals surface area contributed by atoms with Crippen LogP contribution in [0.4, 0.5) is 0 Å². The van der Waals surface area contributed by atoms with Gasteiger partial charge >= 0.3 is 0 Å². The zero-order chi connectivity index (χ0) is 14.4. The van der Waals surface area contributed by atoms with Crippen molar-refractivity contribution in [2.24, 2.45) is 10.7 Å². The van der Waals surface area contributed by atoms with Gasteiger partial charge in [-0.1, -0.05) is 18.2 Å². The van der Waals surface area contributed by atoms with E-state index in [0.29, 0.717) is 12.5 Å². The van der Waals surface area contributed by atoms with Gasteiger partial charge in [0.15, 0.2) is 5.96 Å². The molecule has 0 fully saturated rings. The number of nitrogens with two attached hydrogens (primary N) is 1. The molecular weight excluding hydrogens is 250 g/mol. The topological polar surface area (TPSA) is 59.4 Å². The second-order valence-corrected chi connectivity index (χ2v) is 4.43. The number of aromatic nitrogens is 2. The molecule has 1 aromatic carbocycles. The maximum absolute atomic E-state index is 5.95. The molecule has 1 heterocycles. The third kappa shape index (κ3) is 3.38. The number of rotatable bonds is 5. The fraction of sp³-hybridized carbons (Fsp3) is 0.333. The Morgan fingerprint density at radius 1 is 1.20 bits per heavy atom. The molecule has 0 aliphatic heterocycles. The normalized spacial score (nSPS) is 11.6. The number of aliphatic imine (C=N–C) groups is 1. The van der Waals surface area contributed by atoms with E-state index in [9.17, 15) is 0 Å². The molecule has 0 radical (unpaired) electrons. The van der Waals surface area contributed by atoms with Gasteiger partial charge in [-0.25, -0.2) is 9.67 Å². The van der Waals surface area contributed by atoms with E-state index in [1.807, 2.05) is 52.2 Å². The lowest BCUT2D eigenvalue weighted by Crippen LogP contribution is -2.37. The number of hydrogen-bond acceptors (Lipinski definition) is 2. The van der Waals surface area contributed by atoms with Crippen LogP contribution in [-0.4, -0.2) is 33.7 Å². The molecule has 0 spiro atoms. The quantitative estimate of drug-likeness (QED) is 0.668. The molecule has 0 saturated carbocycles. The second-order valence-electron chi connectivity index (χ2n) is 4.43. The molecule has 5 heteroatoms. The smallest absolute Gasteiger partial charge is 0.191 e. The predicted octanol–water partition coefficient (Wildman–Crippen LogP) is 2.03. The zero-order valence-corrected chi connectivity index (χ0v) is 12.0. The maximum Gasteiger partial charge on any atom is 0.191 e. The van der Waals surface area contributed by atoms with Crippen LogP contribution in [0.3, 0.4) is 0 Å². The molecule has 0 saturated heterocycles. The second kappa shape index (κ2) is 6.75. The summed E-state index contributed by atoms with van der Waals surface area (Å²) in [6, 6.07) is 12.0. The van der Waals surface area contributed by atoms with Gasteiger partial charge in [-0.2, -0.15) is 5.10 Å². The molecule has 0 unspecified atom stereocenters. The highest BCUT2D eigenvalue weighted by Crippen LogP contribution is 2.07. The van der Waals surface area contributed by atoms with Gasteiger partial charge < -0.3 is 10.6 Å². The van der Waals surface area contributed by atoms with Crippen LogP contribution in [0.15, 0.2) is 47.6 Å². The van der Waals surface area contributed by atoms with E-state index in [1.54, 1.807) is 0 Å². The monoisotopic (exact) mass is 271 g/mol. The zero-order valence-electron chi connectivity index (χ0n) is 12.0. The van der Waals surface area contributed by atoms with Crippen LogP contribution in [-0.2, 0) is 6.54 Å². The van der Waals surface area contributed by atoms with Crippen molar-refractivity contribution in [2.75, 3.05) is 13.1 Å². The Balaban J connectivity index is 2.05. The Morgan fingerprint density at radius 2 is 1.90 bits per heavy atom. The minimum Gasteiger partial charge on any atom is -0.370 e. The number of guanidine groups is 1. The number of nitrogens with zero attached hydrogens (tertiary/aromatic N) is 4. The number of para-hydroxylation sites is 1. The summed E-state index contributed by atoms with van der Waals surface area (Å²) < 4.78 is 1.85. The average Bonchev–Trinajstić information content (AvgIpc) is 2.96. The summed E-state index contributed by atoms with van der Waals surface area (Å²) in [5.41, 5.74) is 7.89. The lowest BCUT2D eigenvalue weighted by Gasteiger charge is -2.19. The van der Waals surface area contributed by atoms with Crippen LogP contribution in [0.25, 0.3) is 5.69 Å². The highest BCUT2D eigenvalue weighted by atomic mass is 15.3. The van der Waals surface area contributed by atoms with Gasteiger partial charge in [0.05, 0.1) is 17.9 Å². The Hall–Kier alpha value is -2.30. The van der Waals surface area contributed by atoms with E-state index < -0.39 is 0 Å². The van der Waals surface area contributed by atoms with Gasteiger partial charge in [0, 0.05) is 19.3 Å². The molecule has 0 atom stereocenters. The van der Waals surface area contributed by atoms with Crippen LogP contribution in [0.2, 0.25) is 0 Å². The summed E-state index contributed by atoms with van der Waals surface area (Å²) >= 11 is 0. The van der Waals surface area contributed by atoms with E-state index in [2.05, 4.69) is 23.9 Å². The third-order valence-electron chi connectivity index (χ3n) is 3.16. The van der Waals surface area contributed by atoms with Gasteiger partial charge in [0.1, 0.15) is 0 Å². The van der Waals surface area contributed by atoms with Gasteiger partial charge in [-0.15, -0.1) is 0 Å². The Morgan fingerprint density at radius 3 is 2.55 bits per heavy atom. The standard InChI is InChI=1S/C15H21N5/c1-3-19(4-2)15(16)17-12-13-10-11-20(18-13)14-8-6-5-7-9-14/h5-11H,3-4,12H2,1-2H3,(H2,16,17). The van der Waals surface area contributed by atoms with E-state index in [-0.39, 0.29) is 0 Å². The van der Waals surface area contributed by atoms with Crippen molar-refractivity contribution in [2.45, 2.75) is 20.4 Å². The maximum atomic E-state index is 5.95. The molecule has 1 aromatic heterocycles. The molecule has 2 rings (SSSR count). The van der Waals surface area contributed by atoms with Gasteiger partial charge in [0.25, 0.3) is 0 Å². The van der Waals surface area contributed by atoms with Gasteiger partial charge in [-0.3, -0.25) is 0 Å². The molecule has 2 N–H and O–H groups in total. The van der Waals surface area contributed by atoms with Crippen molar-refractivity contribution >= 4 is 5.96 Å². The van der Waals surface area contributed by atoms with Crippen molar-refractivity contribution in [1.82, 2.24) is 14.7 Å². The highest BCUT2D eigenvalue weighted by Gasteiger charge is 2.03. The first-order valence-corrected chi connectivity index (χ1v) is 6.89. The van der Waals surface area contributed by atoms with Crippen molar-refractivity contribution in [3.63, 3.8) is 0 Å². The number of hydrogen-bond donors (Lipinski definition) is 1. The molecule has 0 aliphatic rings. The van der Waals surface area contributed by atoms with E-state index in [1.165, 1.54) is 0 Å². The van der Waals surface area contributed by atoms with Crippen molar-refractivity contribution in [3.8, 4) is 5.69 Å². The predicted molar refractivity (Wildman–Crippen MR) is 81.8 cm³/mol. The Bertz CT molecular complexity index is 555. The summed E-state index contributed by atoms with van der Waals surface area (Å²) in [5, 5.41) is 4.50. The Kier molecular flexibility index (Phi) is 4.76. The first-order valence-electron chi connectivity index (χ1n) is 6.89. The summed E-state index contributed by atoms with van der Waals surface area (Å²) in [6.45, 7) is 6.36. The Labute approximate surface area is 119 Å². The lowest BCUT2D eigenvalue weighted by atomic mass is 10.3. The van der Waals surface area contributed by atoms with Gasteiger partial charge in [-0.05, 0) is 32.0 Å². The van der Waals surface area contributed by atoms with Gasteiger partial charge in [0.2, 0.25) is 0 Å². The first-order chi connectivity index (χ1) is 9.74. The fourth-order valence-electron chi connectivity index (χ4n) is 1.98. The molecule has 0 amide bonds. The van der Waals surface area contributed by atoms with Crippen LogP contribution < -0.4 is 5.73 Å². The largest absolute Gasteiger partial charge is 0.370 e. The van der Waals surface area contributed by atoms with Crippen LogP contribution >= 0.6 is 0 Å². The molecular formula is C15H21N5. The van der Waals surface area contributed by atoms with E-state index in [4.69, 9.17) is 5.73 Å². The van der Waals surface area contributed by atoms with E-state index >= 15 is 0 Å². The summed E-state index contributed by atoms with van der Waals surface area (Å²) in [4.78, 5) is 6.41. The van der Waals surface area contributed by atoms with E-state index in [0.717, 1.165) is 24.5 Å². The molecule has 106 valence electrons. The summed E-state index contributed by atoms with van der Waals surface area (Å²) in [7, 11) is 0. The van der Waals surface area contributed by atoms with Crippen LogP contribution in [0.5, 0.6) is 0 Å². The molecule has 0 bridgehead atoms. The molecule has 5 nitrogen and oxygen atoms in total. The molecule has 20 heavy (non-hydrogen) atoms. The summed E-state index contributed by atoms with van der Waals surface area (Å²) in [6.07, 6.45) is 1.94. The summed E-state index contributed by atoms with van der Waals surface area (Å²) in [5.74, 6) is 0.573. The third-order valence-corrected chi connectivity index (χ3v) is 3.16. The molecule has 2 aromatic rings. The fourth-order valence-corrected chi connectivity index (χ4v) is 1.98. The van der Waals surface area contributed by atoms with Crippen molar-refractivity contribution < 1.29 is 0 Å². The lowest BCUT2D eigenvalue weighted by molar-refractivity contribution is 0.458. The minimum atomic E-state index is 0.502. The van der Waals surface area contributed by atoms with Crippen molar-refractivity contribution in [3.05, 3.63) is 48.3 Å². The minimum absolute atomic E-state index is 0.502. The van der Waals surface area contributed by atoms with Crippen LogP contribution in [0, 0.1) is 0 Å². The average molecular weight is 271 g/mol. The van der Waals surface area contributed by atoms with Crippen LogP contribution in [0.1, 0.15) is 19.5 Å². The first kappa shape index (κ1) is 14.1. The highest BCUT2D eigenvalue weighted by molar-refractivity contribution is 5.77.